The first-order valence-corrected chi connectivity index (χ1v) is 8.21. The van der Waals surface area contributed by atoms with Crippen LogP contribution in [0.2, 0.25) is 0 Å². The minimum absolute atomic E-state index is 0.0673. The maximum atomic E-state index is 12.3. The van der Waals surface area contributed by atoms with Crippen LogP contribution in [0.4, 0.5) is 0 Å². The molecule has 2 aromatic carbocycles. The number of carbonyl (C=O) groups excluding carboxylic acids is 1. The molecule has 0 radical (unpaired) electrons. The monoisotopic (exact) mass is 319 g/mol. The van der Waals surface area contributed by atoms with Gasteiger partial charge in [0, 0.05) is 24.7 Å². The standard InChI is InChI=1S/C20H21N3O/c24-20(18-11-4-9-17-10-5-13-22-19(17)18)23-14-6-12-21-15-16-7-2-1-3-8-16/h1-5,7-11,13,21H,6,12,14-15H2,(H,23,24). The van der Waals surface area contributed by atoms with E-state index in [4.69, 9.17) is 0 Å². The van der Waals surface area contributed by atoms with Crippen LogP contribution in [0.15, 0.2) is 66.9 Å². The molecule has 0 saturated heterocycles. The molecule has 4 heteroatoms. The number of fused-ring (bicyclic) bond motifs is 1. The second kappa shape index (κ2) is 8.22. The molecule has 0 spiro atoms. The molecular weight excluding hydrogens is 298 g/mol. The third-order valence-corrected chi connectivity index (χ3v) is 3.87. The predicted octanol–water partition coefficient (Wildman–Crippen LogP) is 3.14. The highest BCUT2D eigenvalue weighted by molar-refractivity contribution is 6.05. The molecule has 24 heavy (non-hydrogen) atoms. The fourth-order valence-corrected chi connectivity index (χ4v) is 2.63. The molecule has 0 aliphatic carbocycles. The number of aromatic nitrogens is 1. The maximum Gasteiger partial charge on any atom is 0.253 e. The molecule has 0 bridgehead atoms. The summed E-state index contributed by atoms with van der Waals surface area (Å²) in [5.74, 6) is -0.0673. The number of pyridine rings is 1. The van der Waals surface area contributed by atoms with Gasteiger partial charge < -0.3 is 10.6 Å². The van der Waals surface area contributed by atoms with Crippen molar-refractivity contribution in [3.05, 3.63) is 78.0 Å². The summed E-state index contributed by atoms with van der Waals surface area (Å²) in [6.45, 7) is 2.36. The summed E-state index contributed by atoms with van der Waals surface area (Å²) in [5.41, 5.74) is 2.65. The van der Waals surface area contributed by atoms with Crippen molar-refractivity contribution in [2.75, 3.05) is 13.1 Å². The molecule has 1 heterocycles. The van der Waals surface area contributed by atoms with E-state index >= 15 is 0 Å². The van der Waals surface area contributed by atoms with Gasteiger partial charge in [0.25, 0.3) is 5.91 Å². The number of carbonyl (C=O) groups is 1. The smallest absolute Gasteiger partial charge is 0.253 e. The Morgan fingerprint density at radius 1 is 0.917 bits per heavy atom. The number of amides is 1. The van der Waals surface area contributed by atoms with E-state index in [0.717, 1.165) is 30.4 Å². The Bertz CT molecular complexity index is 797. The van der Waals surface area contributed by atoms with Crippen LogP contribution in [0.3, 0.4) is 0 Å². The number of hydrogen-bond acceptors (Lipinski definition) is 3. The topological polar surface area (TPSA) is 54.0 Å². The van der Waals surface area contributed by atoms with Gasteiger partial charge in [-0.05, 0) is 30.7 Å². The first-order valence-electron chi connectivity index (χ1n) is 8.21. The van der Waals surface area contributed by atoms with Crippen molar-refractivity contribution in [1.82, 2.24) is 15.6 Å². The van der Waals surface area contributed by atoms with Crippen LogP contribution in [0, 0.1) is 0 Å². The molecule has 4 nitrogen and oxygen atoms in total. The van der Waals surface area contributed by atoms with Gasteiger partial charge in [0.15, 0.2) is 0 Å². The zero-order chi connectivity index (χ0) is 16.6. The second-order valence-electron chi connectivity index (χ2n) is 5.65. The van der Waals surface area contributed by atoms with Gasteiger partial charge in [-0.2, -0.15) is 0 Å². The highest BCUT2D eigenvalue weighted by atomic mass is 16.1. The van der Waals surface area contributed by atoms with Crippen molar-refractivity contribution in [1.29, 1.82) is 0 Å². The zero-order valence-corrected chi connectivity index (χ0v) is 13.5. The molecule has 122 valence electrons. The number of nitrogens with one attached hydrogen (secondary N) is 2. The summed E-state index contributed by atoms with van der Waals surface area (Å²) in [4.78, 5) is 16.7. The Labute approximate surface area is 141 Å². The minimum atomic E-state index is -0.0673. The lowest BCUT2D eigenvalue weighted by molar-refractivity contribution is 0.0954. The normalized spacial score (nSPS) is 10.7. The lowest BCUT2D eigenvalue weighted by Gasteiger charge is -2.08. The van der Waals surface area contributed by atoms with E-state index in [0.29, 0.717) is 12.1 Å². The highest BCUT2D eigenvalue weighted by Crippen LogP contribution is 2.15. The number of hydrogen-bond donors (Lipinski definition) is 2. The zero-order valence-electron chi connectivity index (χ0n) is 13.5. The molecule has 0 aliphatic rings. The molecule has 0 aliphatic heterocycles. The molecule has 3 aromatic rings. The summed E-state index contributed by atoms with van der Waals surface area (Å²) >= 11 is 0. The lowest BCUT2D eigenvalue weighted by atomic mass is 10.1. The number of nitrogens with zero attached hydrogens (tertiary/aromatic N) is 1. The summed E-state index contributed by atoms with van der Waals surface area (Å²) in [6.07, 6.45) is 2.60. The Kier molecular flexibility index (Phi) is 5.53. The summed E-state index contributed by atoms with van der Waals surface area (Å²) in [5, 5.41) is 7.33. The summed E-state index contributed by atoms with van der Waals surface area (Å²) < 4.78 is 0. The average molecular weight is 319 g/mol. The molecule has 2 N–H and O–H groups in total. The third kappa shape index (κ3) is 4.18. The van der Waals surface area contributed by atoms with Crippen LogP contribution in [-0.2, 0) is 6.54 Å². The molecule has 0 atom stereocenters. The first kappa shape index (κ1) is 16.1. The number of benzene rings is 2. The second-order valence-corrected chi connectivity index (χ2v) is 5.65. The van der Waals surface area contributed by atoms with Crippen molar-refractivity contribution in [3.8, 4) is 0 Å². The molecule has 0 saturated carbocycles. The third-order valence-electron chi connectivity index (χ3n) is 3.87. The Morgan fingerprint density at radius 2 is 1.75 bits per heavy atom. The van der Waals surface area contributed by atoms with Gasteiger partial charge in [-0.25, -0.2) is 0 Å². The molecule has 0 unspecified atom stereocenters. The van der Waals surface area contributed by atoms with Crippen LogP contribution in [0.1, 0.15) is 22.3 Å². The molecular formula is C20H21N3O. The van der Waals surface area contributed by atoms with Crippen LogP contribution < -0.4 is 10.6 Å². The molecule has 1 amide bonds. The minimum Gasteiger partial charge on any atom is -0.352 e. The lowest BCUT2D eigenvalue weighted by Crippen LogP contribution is -2.27. The first-order chi connectivity index (χ1) is 11.8. The van der Waals surface area contributed by atoms with E-state index in [-0.39, 0.29) is 5.91 Å². The summed E-state index contributed by atoms with van der Waals surface area (Å²) in [7, 11) is 0. The van der Waals surface area contributed by atoms with Crippen molar-refractivity contribution in [2.24, 2.45) is 0 Å². The quantitative estimate of drug-likeness (QED) is 0.658. The van der Waals surface area contributed by atoms with Gasteiger partial charge >= 0.3 is 0 Å². The van der Waals surface area contributed by atoms with Gasteiger partial charge in [0.05, 0.1) is 11.1 Å². The van der Waals surface area contributed by atoms with Crippen LogP contribution in [-0.4, -0.2) is 24.0 Å². The van der Waals surface area contributed by atoms with Gasteiger partial charge in [-0.15, -0.1) is 0 Å². The largest absolute Gasteiger partial charge is 0.352 e. The van der Waals surface area contributed by atoms with Crippen LogP contribution >= 0.6 is 0 Å². The SMILES string of the molecule is O=C(NCCCNCc1ccccc1)c1cccc2cccnc12. The van der Waals surface area contributed by atoms with E-state index in [1.807, 2.05) is 48.5 Å². The Balaban J connectivity index is 1.44. The van der Waals surface area contributed by atoms with Crippen LogP contribution in [0.5, 0.6) is 0 Å². The van der Waals surface area contributed by atoms with Crippen LogP contribution in [0.25, 0.3) is 10.9 Å². The predicted molar refractivity (Wildman–Crippen MR) is 96.8 cm³/mol. The van der Waals surface area contributed by atoms with Crippen molar-refractivity contribution >= 4 is 16.8 Å². The fourth-order valence-electron chi connectivity index (χ4n) is 2.63. The molecule has 3 rings (SSSR count). The maximum absolute atomic E-state index is 12.3. The summed E-state index contributed by atoms with van der Waals surface area (Å²) in [6, 6.07) is 19.8. The van der Waals surface area contributed by atoms with E-state index in [1.165, 1.54) is 5.56 Å². The van der Waals surface area contributed by atoms with E-state index in [9.17, 15) is 4.79 Å². The van der Waals surface area contributed by atoms with E-state index in [2.05, 4.69) is 27.8 Å². The average Bonchev–Trinajstić information content (AvgIpc) is 2.64. The van der Waals surface area contributed by atoms with Gasteiger partial charge in [0.2, 0.25) is 0 Å². The van der Waals surface area contributed by atoms with E-state index in [1.54, 1.807) is 6.20 Å². The number of para-hydroxylation sites is 1. The van der Waals surface area contributed by atoms with E-state index < -0.39 is 0 Å². The number of rotatable bonds is 7. The van der Waals surface area contributed by atoms with Gasteiger partial charge in [-0.1, -0.05) is 48.5 Å². The highest BCUT2D eigenvalue weighted by Gasteiger charge is 2.09. The van der Waals surface area contributed by atoms with Gasteiger partial charge in [0.1, 0.15) is 0 Å². The fraction of sp³-hybridized carbons (Fsp3) is 0.200. The van der Waals surface area contributed by atoms with Crippen molar-refractivity contribution in [3.63, 3.8) is 0 Å². The Morgan fingerprint density at radius 3 is 2.62 bits per heavy atom. The molecule has 1 aromatic heterocycles. The van der Waals surface area contributed by atoms with Crippen molar-refractivity contribution < 1.29 is 4.79 Å². The van der Waals surface area contributed by atoms with Crippen molar-refractivity contribution in [2.45, 2.75) is 13.0 Å². The Hall–Kier alpha value is -2.72. The van der Waals surface area contributed by atoms with Gasteiger partial charge in [-0.3, -0.25) is 9.78 Å². The molecule has 0 fully saturated rings.